The lowest BCUT2D eigenvalue weighted by Gasteiger charge is -2.18. The van der Waals surface area contributed by atoms with E-state index in [1.807, 2.05) is 6.92 Å². The molecule has 0 aliphatic rings. The van der Waals surface area contributed by atoms with Crippen molar-refractivity contribution in [1.29, 1.82) is 0 Å². The molecule has 1 heterocycles. The zero-order valence-electron chi connectivity index (χ0n) is 14.1. The molecule has 0 aliphatic heterocycles. The van der Waals surface area contributed by atoms with Crippen molar-refractivity contribution in [1.82, 2.24) is 0 Å². The Kier molecular flexibility index (Phi) is 5.61. The minimum absolute atomic E-state index is 0.113. The summed E-state index contributed by atoms with van der Waals surface area (Å²) in [5, 5.41) is 1.36. The van der Waals surface area contributed by atoms with Gasteiger partial charge >= 0.3 is 0 Å². The monoisotopic (exact) mass is 404 g/mol. The van der Waals surface area contributed by atoms with Crippen LogP contribution in [0.4, 0.5) is 0 Å². The van der Waals surface area contributed by atoms with Gasteiger partial charge in [-0.1, -0.05) is 47.5 Å². The first-order valence-electron chi connectivity index (χ1n) is 8.00. The Morgan fingerprint density at radius 2 is 1.69 bits per heavy atom. The van der Waals surface area contributed by atoms with E-state index in [0.717, 1.165) is 5.56 Å². The number of carbonyl (C=O) groups is 1. The van der Waals surface area contributed by atoms with E-state index in [9.17, 15) is 13.2 Å². The number of halogens is 1. The smallest absolute Gasteiger partial charge is 0.185 e. The highest BCUT2D eigenvalue weighted by atomic mass is 35.5. The van der Waals surface area contributed by atoms with Crippen molar-refractivity contribution in [2.24, 2.45) is 0 Å². The minimum Gasteiger partial charge on any atom is -0.293 e. The third kappa shape index (κ3) is 4.06. The normalized spacial score (nSPS) is 12.7. The van der Waals surface area contributed by atoms with Gasteiger partial charge in [-0.05, 0) is 48.2 Å². The molecule has 2 aromatic carbocycles. The van der Waals surface area contributed by atoms with Gasteiger partial charge in [0, 0.05) is 11.4 Å². The summed E-state index contributed by atoms with van der Waals surface area (Å²) < 4.78 is 26.5. The molecule has 3 aromatic rings. The van der Waals surface area contributed by atoms with E-state index in [0.29, 0.717) is 15.5 Å². The number of hydrogen-bond acceptors (Lipinski definition) is 4. The topological polar surface area (TPSA) is 51.2 Å². The highest BCUT2D eigenvalue weighted by Crippen LogP contribution is 2.34. The number of Topliss-reactive ketones (excluding diaryl/α,β-unsaturated/α-hetero) is 1. The van der Waals surface area contributed by atoms with E-state index in [-0.39, 0.29) is 17.1 Å². The molecule has 3 rings (SSSR count). The fourth-order valence-electron chi connectivity index (χ4n) is 2.68. The zero-order chi connectivity index (χ0) is 18.7. The fourth-order valence-corrected chi connectivity index (χ4v) is 5.21. The maximum atomic E-state index is 13.3. The maximum Gasteiger partial charge on any atom is 0.185 e. The first-order valence-corrected chi connectivity index (χ1v) is 10.8. The van der Waals surface area contributed by atoms with Crippen LogP contribution in [0.1, 0.15) is 32.5 Å². The van der Waals surface area contributed by atoms with E-state index < -0.39 is 15.1 Å². The molecule has 3 nitrogen and oxygen atoms in total. The lowest BCUT2D eigenvalue weighted by Crippen LogP contribution is -2.17. The molecular formula is C20H17ClO3S2. The summed E-state index contributed by atoms with van der Waals surface area (Å²) in [4.78, 5) is 13.4. The van der Waals surface area contributed by atoms with Crippen LogP contribution in [-0.2, 0) is 9.84 Å². The number of thiophene rings is 1. The van der Waals surface area contributed by atoms with Crippen LogP contribution in [0.3, 0.4) is 0 Å². The van der Waals surface area contributed by atoms with Crippen LogP contribution in [0, 0.1) is 6.92 Å². The summed E-state index contributed by atoms with van der Waals surface area (Å²) in [6, 6.07) is 16.8. The summed E-state index contributed by atoms with van der Waals surface area (Å²) >= 11 is 7.25. The number of hydrogen-bond donors (Lipinski definition) is 0. The van der Waals surface area contributed by atoms with Crippen molar-refractivity contribution in [3.63, 3.8) is 0 Å². The molecular weight excluding hydrogens is 388 g/mol. The molecule has 0 amide bonds. The lowest BCUT2D eigenvalue weighted by atomic mass is 10.1. The van der Waals surface area contributed by atoms with Gasteiger partial charge < -0.3 is 0 Å². The first kappa shape index (κ1) is 18.8. The fraction of sp³-hybridized carbons (Fsp3) is 0.150. The van der Waals surface area contributed by atoms with Crippen LogP contribution in [0.5, 0.6) is 0 Å². The predicted molar refractivity (Wildman–Crippen MR) is 106 cm³/mol. The van der Waals surface area contributed by atoms with E-state index in [4.69, 9.17) is 11.6 Å². The summed E-state index contributed by atoms with van der Waals surface area (Å²) in [6.07, 6.45) is -0.113. The average molecular weight is 405 g/mol. The third-order valence-corrected chi connectivity index (χ3v) is 7.41. The highest BCUT2D eigenvalue weighted by Gasteiger charge is 2.31. The third-order valence-electron chi connectivity index (χ3n) is 4.13. The summed E-state index contributed by atoms with van der Waals surface area (Å²) in [5.74, 6) is -0.185. The van der Waals surface area contributed by atoms with Crippen LogP contribution < -0.4 is 0 Å². The van der Waals surface area contributed by atoms with E-state index in [1.165, 1.54) is 11.3 Å². The van der Waals surface area contributed by atoms with E-state index in [2.05, 4.69) is 0 Å². The van der Waals surface area contributed by atoms with Gasteiger partial charge in [-0.15, -0.1) is 11.3 Å². The second-order valence-corrected chi connectivity index (χ2v) is 9.52. The Labute approximate surface area is 162 Å². The molecule has 1 aromatic heterocycles. The van der Waals surface area contributed by atoms with Crippen molar-refractivity contribution >= 4 is 38.6 Å². The van der Waals surface area contributed by atoms with Gasteiger partial charge in [-0.3, -0.25) is 4.79 Å². The number of rotatable bonds is 6. The number of aryl methyl sites for hydroxylation is 1. The molecule has 0 aliphatic carbocycles. The van der Waals surface area contributed by atoms with Crippen LogP contribution in [0.2, 0.25) is 5.02 Å². The van der Waals surface area contributed by atoms with Gasteiger partial charge in [0.25, 0.3) is 0 Å². The molecule has 0 radical (unpaired) electrons. The Balaban J connectivity index is 2.03. The minimum atomic E-state index is -3.73. The molecule has 0 bridgehead atoms. The van der Waals surface area contributed by atoms with Gasteiger partial charge in [0.1, 0.15) is 0 Å². The lowest BCUT2D eigenvalue weighted by molar-refractivity contribution is 0.0984. The van der Waals surface area contributed by atoms with Crippen LogP contribution in [0.25, 0.3) is 0 Å². The average Bonchev–Trinajstić information content (AvgIpc) is 3.15. The molecule has 26 heavy (non-hydrogen) atoms. The molecule has 0 N–H and O–H groups in total. The largest absolute Gasteiger partial charge is 0.293 e. The number of benzene rings is 2. The molecule has 1 atom stereocenters. The predicted octanol–water partition coefficient (Wildman–Crippen LogP) is 5.50. The zero-order valence-corrected chi connectivity index (χ0v) is 16.4. The van der Waals surface area contributed by atoms with Crippen molar-refractivity contribution in [3.05, 3.63) is 87.1 Å². The Bertz CT molecular complexity index is 990. The number of sulfone groups is 1. The summed E-state index contributed by atoms with van der Waals surface area (Å²) in [7, 11) is -3.73. The second-order valence-electron chi connectivity index (χ2n) is 6.00. The van der Waals surface area contributed by atoms with Gasteiger partial charge in [0.2, 0.25) is 0 Å². The van der Waals surface area contributed by atoms with Gasteiger partial charge in [0.05, 0.1) is 15.0 Å². The van der Waals surface area contributed by atoms with Crippen LogP contribution in [-0.4, -0.2) is 14.2 Å². The Morgan fingerprint density at radius 1 is 1.04 bits per heavy atom. The van der Waals surface area contributed by atoms with Gasteiger partial charge in [-0.2, -0.15) is 0 Å². The molecule has 0 saturated heterocycles. The van der Waals surface area contributed by atoms with E-state index in [1.54, 1.807) is 66.0 Å². The van der Waals surface area contributed by atoms with Gasteiger partial charge in [0.15, 0.2) is 15.6 Å². The Morgan fingerprint density at radius 3 is 2.27 bits per heavy atom. The molecule has 134 valence electrons. The quantitative estimate of drug-likeness (QED) is 0.510. The molecule has 0 spiro atoms. The van der Waals surface area contributed by atoms with Crippen molar-refractivity contribution in [3.8, 4) is 0 Å². The molecule has 0 saturated carbocycles. The van der Waals surface area contributed by atoms with Crippen molar-refractivity contribution < 1.29 is 13.2 Å². The molecule has 0 unspecified atom stereocenters. The second kappa shape index (κ2) is 7.74. The van der Waals surface area contributed by atoms with Crippen LogP contribution in [0.15, 0.2) is 70.9 Å². The van der Waals surface area contributed by atoms with Crippen molar-refractivity contribution in [2.75, 3.05) is 0 Å². The summed E-state index contributed by atoms with van der Waals surface area (Å²) in [5.41, 5.74) is 1.53. The standard InChI is InChI=1S/C20H17ClO3S2/c1-14-4-10-17(11-5-14)26(23,24)20(15-6-8-16(21)9-7-15)13-18(22)19-3-2-12-25-19/h2-12,20H,13H2,1H3/t20-/m1/s1. The van der Waals surface area contributed by atoms with Crippen molar-refractivity contribution in [2.45, 2.75) is 23.5 Å². The molecule has 6 heteroatoms. The highest BCUT2D eigenvalue weighted by molar-refractivity contribution is 7.91. The maximum absolute atomic E-state index is 13.3. The van der Waals surface area contributed by atoms with Crippen LogP contribution >= 0.6 is 22.9 Å². The molecule has 0 fully saturated rings. The SMILES string of the molecule is Cc1ccc(S(=O)(=O)[C@H](CC(=O)c2cccs2)c2ccc(Cl)cc2)cc1. The Hall–Kier alpha value is -1.95. The number of ketones is 1. The number of carbonyl (C=O) groups excluding carboxylic acids is 1. The first-order chi connectivity index (χ1) is 12.4. The van der Waals surface area contributed by atoms with Gasteiger partial charge in [-0.25, -0.2) is 8.42 Å². The summed E-state index contributed by atoms with van der Waals surface area (Å²) in [6.45, 7) is 1.90. The van der Waals surface area contributed by atoms with E-state index >= 15 is 0 Å².